The van der Waals surface area contributed by atoms with Gasteiger partial charge in [0, 0.05) is 5.57 Å². The molecule has 0 N–H and O–H groups in total. The molecule has 0 bridgehead atoms. The summed E-state index contributed by atoms with van der Waals surface area (Å²) in [6.45, 7) is 0.213. The van der Waals surface area contributed by atoms with E-state index in [1.54, 1.807) is 6.08 Å². The Morgan fingerprint density at radius 3 is 2.73 bits per heavy atom. The molecule has 1 aromatic rings. The number of amides is 1. The third kappa shape index (κ3) is 2.24. The van der Waals surface area contributed by atoms with Gasteiger partial charge in [-0.2, -0.15) is 5.12 Å². The number of rotatable bonds is 1. The number of carbonyl (C=O) groups excluding carboxylic acids is 1. The highest BCUT2D eigenvalue weighted by Crippen LogP contribution is 2.20. The standard InChI is InChI=1S/C12H12FNO/c13-14-8-4-7-11(12(14)15)9-10-5-2-1-3-6-10/h1-3,5-6,9H,4,7-8H2. The van der Waals surface area contributed by atoms with Crippen LogP contribution in [0, 0.1) is 0 Å². The second-order valence-electron chi connectivity index (χ2n) is 3.57. The second-order valence-corrected chi connectivity index (χ2v) is 3.57. The van der Waals surface area contributed by atoms with E-state index in [-0.39, 0.29) is 11.7 Å². The van der Waals surface area contributed by atoms with Gasteiger partial charge in [0.05, 0.1) is 6.54 Å². The zero-order valence-electron chi connectivity index (χ0n) is 8.32. The van der Waals surface area contributed by atoms with E-state index >= 15 is 0 Å². The van der Waals surface area contributed by atoms with Gasteiger partial charge in [-0.15, -0.1) is 0 Å². The largest absolute Gasteiger partial charge is 0.277 e. The summed E-state index contributed by atoms with van der Waals surface area (Å²) in [6, 6.07) is 9.50. The molecular formula is C12H12FNO. The molecule has 1 saturated heterocycles. The fraction of sp³-hybridized carbons (Fsp3) is 0.250. The van der Waals surface area contributed by atoms with Crippen molar-refractivity contribution in [3.8, 4) is 0 Å². The zero-order chi connectivity index (χ0) is 10.7. The summed E-state index contributed by atoms with van der Waals surface area (Å²) in [5.74, 6) is -0.495. The lowest BCUT2D eigenvalue weighted by molar-refractivity contribution is -0.144. The Balaban J connectivity index is 2.23. The molecule has 3 heteroatoms. The third-order valence-corrected chi connectivity index (χ3v) is 2.44. The van der Waals surface area contributed by atoms with E-state index in [9.17, 15) is 9.28 Å². The van der Waals surface area contributed by atoms with Crippen molar-refractivity contribution in [1.29, 1.82) is 0 Å². The molecule has 0 unspecified atom stereocenters. The van der Waals surface area contributed by atoms with Gasteiger partial charge >= 0.3 is 0 Å². The number of nitrogens with zero attached hydrogens (tertiary/aromatic N) is 1. The van der Waals surface area contributed by atoms with Crippen LogP contribution in [0.4, 0.5) is 4.48 Å². The van der Waals surface area contributed by atoms with E-state index in [4.69, 9.17) is 0 Å². The van der Waals surface area contributed by atoms with Crippen molar-refractivity contribution in [2.45, 2.75) is 12.8 Å². The molecule has 0 aliphatic carbocycles. The maximum atomic E-state index is 13.0. The molecular weight excluding hydrogens is 193 g/mol. The van der Waals surface area contributed by atoms with Gasteiger partial charge in [-0.1, -0.05) is 34.8 Å². The van der Waals surface area contributed by atoms with E-state index < -0.39 is 5.91 Å². The lowest BCUT2D eigenvalue weighted by Gasteiger charge is -2.19. The van der Waals surface area contributed by atoms with Gasteiger partial charge in [0.15, 0.2) is 0 Å². The molecule has 15 heavy (non-hydrogen) atoms. The molecule has 0 saturated carbocycles. The van der Waals surface area contributed by atoms with Crippen LogP contribution in [0.15, 0.2) is 35.9 Å². The minimum absolute atomic E-state index is 0.213. The van der Waals surface area contributed by atoms with Crippen molar-refractivity contribution in [1.82, 2.24) is 5.12 Å². The normalized spacial score (nSPS) is 19.7. The third-order valence-electron chi connectivity index (χ3n) is 2.44. The van der Waals surface area contributed by atoms with Crippen molar-refractivity contribution >= 4 is 12.0 Å². The van der Waals surface area contributed by atoms with E-state index in [2.05, 4.69) is 0 Å². The molecule has 78 valence electrons. The van der Waals surface area contributed by atoms with Gasteiger partial charge in [-0.3, -0.25) is 4.79 Å². The summed E-state index contributed by atoms with van der Waals surface area (Å²) in [5.41, 5.74) is 1.49. The van der Waals surface area contributed by atoms with Gasteiger partial charge in [0.2, 0.25) is 0 Å². The van der Waals surface area contributed by atoms with Crippen LogP contribution < -0.4 is 0 Å². The van der Waals surface area contributed by atoms with Crippen LogP contribution in [-0.4, -0.2) is 17.6 Å². The van der Waals surface area contributed by atoms with Crippen LogP contribution >= 0.6 is 0 Å². The molecule has 0 radical (unpaired) electrons. The fourth-order valence-electron chi connectivity index (χ4n) is 1.66. The summed E-state index contributed by atoms with van der Waals surface area (Å²) in [6.07, 6.45) is 3.11. The first-order chi connectivity index (χ1) is 7.27. The number of halogens is 1. The minimum atomic E-state index is -0.495. The average molecular weight is 205 g/mol. The minimum Gasteiger partial charge on any atom is -0.267 e. The Bertz CT molecular complexity index is 386. The van der Waals surface area contributed by atoms with Crippen molar-refractivity contribution in [3.63, 3.8) is 0 Å². The number of hydrogen-bond donors (Lipinski definition) is 0. The molecule has 2 rings (SSSR count). The summed E-state index contributed by atoms with van der Waals surface area (Å²) in [5, 5.41) is 0.290. The topological polar surface area (TPSA) is 20.3 Å². The molecule has 0 aromatic heterocycles. The van der Waals surface area contributed by atoms with Crippen molar-refractivity contribution in [2.75, 3.05) is 6.54 Å². The smallest absolute Gasteiger partial charge is 0.267 e. The monoisotopic (exact) mass is 205 g/mol. The predicted molar refractivity (Wildman–Crippen MR) is 56.5 cm³/mol. The highest BCUT2D eigenvalue weighted by atomic mass is 19.2. The molecule has 2 nitrogen and oxygen atoms in total. The molecule has 1 amide bonds. The van der Waals surface area contributed by atoms with E-state index in [0.717, 1.165) is 5.56 Å². The Hall–Kier alpha value is -1.64. The summed E-state index contributed by atoms with van der Waals surface area (Å²) in [4.78, 5) is 11.4. The highest BCUT2D eigenvalue weighted by molar-refractivity contribution is 5.97. The van der Waals surface area contributed by atoms with Crippen LogP contribution in [0.5, 0.6) is 0 Å². The molecule has 0 atom stereocenters. The fourth-order valence-corrected chi connectivity index (χ4v) is 1.66. The van der Waals surface area contributed by atoms with Crippen molar-refractivity contribution < 1.29 is 9.28 Å². The molecule has 1 aromatic carbocycles. The van der Waals surface area contributed by atoms with Crippen LogP contribution in [0.1, 0.15) is 18.4 Å². The number of carbonyl (C=O) groups is 1. The van der Waals surface area contributed by atoms with Crippen LogP contribution in [0.25, 0.3) is 6.08 Å². The van der Waals surface area contributed by atoms with Gasteiger partial charge in [-0.25, -0.2) is 0 Å². The average Bonchev–Trinajstić information content (AvgIpc) is 2.26. The maximum absolute atomic E-state index is 13.0. The van der Waals surface area contributed by atoms with Crippen molar-refractivity contribution in [2.24, 2.45) is 0 Å². The Kier molecular flexibility index (Phi) is 2.81. The van der Waals surface area contributed by atoms with Crippen LogP contribution in [0.2, 0.25) is 0 Å². The first-order valence-electron chi connectivity index (χ1n) is 5.00. The SMILES string of the molecule is O=C1C(=Cc2ccccc2)CCCN1F. The van der Waals surface area contributed by atoms with E-state index in [0.29, 0.717) is 18.4 Å². The molecule has 1 heterocycles. The number of benzene rings is 1. The summed E-state index contributed by atoms with van der Waals surface area (Å²) in [7, 11) is 0. The summed E-state index contributed by atoms with van der Waals surface area (Å²) >= 11 is 0. The lowest BCUT2D eigenvalue weighted by atomic mass is 10.0. The number of hydrogen-bond acceptors (Lipinski definition) is 1. The molecule has 1 aliphatic rings. The van der Waals surface area contributed by atoms with E-state index in [1.165, 1.54) is 0 Å². The van der Waals surface area contributed by atoms with E-state index in [1.807, 2.05) is 30.3 Å². The van der Waals surface area contributed by atoms with Crippen LogP contribution in [0.3, 0.4) is 0 Å². The molecule has 0 spiro atoms. The first-order valence-corrected chi connectivity index (χ1v) is 5.00. The van der Waals surface area contributed by atoms with Crippen LogP contribution in [-0.2, 0) is 4.79 Å². The number of piperidine rings is 1. The zero-order valence-corrected chi connectivity index (χ0v) is 8.32. The first kappa shape index (κ1) is 9.90. The van der Waals surface area contributed by atoms with Gasteiger partial charge in [0.1, 0.15) is 0 Å². The Labute approximate surface area is 87.9 Å². The van der Waals surface area contributed by atoms with Gasteiger partial charge < -0.3 is 0 Å². The predicted octanol–water partition coefficient (Wildman–Crippen LogP) is 2.58. The van der Waals surface area contributed by atoms with Gasteiger partial charge in [0.25, 0.3) is 5.91 Å². The molecule has 1 fully saturated rings. The Morgan fingerprint density at radius 1 is 1.27 bits per heavy atom. The second kappa shape index (κ2) is 4.26. The molecule has 1 aliphatic heterocycles. The van der Waals surface area contributed by atoms with Crippen molar-refractivity contribution in [3.05, 3.63) is 41.5 Å². The summed E-state index contributed by atoms with van der Waals surface area (Å²) < 4.78 is 13.0. The quantitative estimate of drug-likeness (QED) is 0.509. The highest BCUT2D eigenvalue weighted by Gasteiger charge is 2.22. The Morgan fingerprint density at radius 2 is 2.00 bits per heavy atom. The maximum Gasteiger partial charge on any atom is 0.277 e. The van der Waals surface area contributed by atoms with Gasteiger partial charge in [-0.05, 0) is 24.5 Å². The lowest BCUT2D eigenvalue weighted by Crippen LogP contribution is -2.29.